The van der Waals surface area contributed by atoms with E-state index in [9.17, 15) is 9.59 Å². The number of benzene rings is 1. The summed E-state index contributed by atoms with van der Waals surface area (Å²) in [6.45, 7) is 2.09. The van der Waals surface area contributed by atoms with Crippen molar-refractivity contribution in [3.63, 3.8) is 0 Å². The molecular weight excluding hydrogens is 366 g/mol. The van der Waals surface area contributed by atoms with E-state index in [1.807, 2.05) is 37.3 Å². The number of hydrogen-bond donors (Lipinski definition) is 0. The van der Waals surface area contributed by atoms with Crippen molar-refractivity contribution in [1.29, 1.82) is 0 Å². The third-order valence-electron chi connectivity index (χ3n) is 3.14. The zero-order valence-corrected chi connectivity index (χ0v) is 14.1. The molecule has 1 aromatic heterocycles. The Morgan fingerprint density at radius 3 is 2.77 bits per heavy atom. The Morgan fingerprint density at radius 2 is 2.09 bits per heavy atom. The van der Waals surface area contributed by atoms with Crippen LogP contribution >= 0.6 is 27.7 Å². The monoisotopic (exact) mass is 377 g/mol. The van der Waals surface area contributed by atoms with E-state index in [0.29, 0.717) is 10.7 Å². The van der Waals surface area contributed by atoms with Crippen molar-refractivity contribution < 1.29 is 14.0 Å². The number of halogens is 1. The number of imide groups is 1. The SMILES string of the molecule is Cc1ccc(/C=C2/SC(=O)N(Cc3cccc(Br)c3)C2=O)o1. The van der Waals surface area contributed by atoms with Crippen molar-refractivity contribution in [3.05, 3.63) is 62.9 Å². The molecule has 2 heterocycles. The molecular formula is C16H12BrNO3S. The number of nitrogens with zero attached hydrogens (tertiary/aromatic N) is 1. The van der Waals surface area contributed by atoms with Gasteiger partial charge < -0.3 is 4.42 Å². The lowest BCUT2D eigenvalue weighted by atomic mass is 10.2. The molecule has 3 rings (SSSR count). The van der Waals surface area contributed by atoms with Gasteiger partial charge in [0.1, 0.15) is 11.5 Å². The molecule has 22 heavy (non-hydrogen) atoms. The average molecular weight is 378 g/mol. The lowest BCUT2D eigenvalue weighted by Crippen LogP contribution is -2.27. The third-order valence-corrected chi connectivity index (χ3v) is 4.54. The fraction of sp³-hybridized carbons (Fsp3) is 0.125. The lowest BCUT2D eigenvalue weighted by molar-refractivity contribution is -0.123. The van der Waals surface area contributed by atoms with Gasteiger partial charge in [0.15, 0.2) is 0 Å². The smallest absolute Gasteiger partial charge is 0.293 e. The van der Waals surface area contributed by atoms with Crippen LogP contribution in [0.3, 0.4) is 0 Å². The molecule has 1 aliphatic heterocycles. The third kappa shape index (κ3) is 3.18. The van der Waals surface area contributed by atoms with Crippen LogP contribution in [0.15, 0.2) is 50.2 Å². The maximum absolute atomic E-state index is 12.4. The summed E-state index contributed by atoms with van der Waals surface area (Å²) < 4.78 is 6.34. The molecule has 112 valence electrons. The number of thioether (sulfide) groups is 1. The fourth-order valence-corrected chi connectivity index (χ4v) is 3.38. The quantitative estimate of drug-likeness (QED) is 0.734. The minimum absolute atomic E-state index is 0.263. The number of aryl methyl sites for hydroxylation is 1. The second-order valence-electron chi connectivity index (χ2n) is 4.85. The van der Waals surface area contributed by atoms with E-state index in [1.54, 1.807) is 12.1 Å². The van der Waals surface area contributed by atoms with Crippen LogP contribution in [0.1, 0.15) is 17.1 Å². The molecule has 1 aliphatic rings. The average Bonchev–Trinajstić information content (AvgIpc) is 2.98. The number of furan rings is 1. The molecule has 4 nitrogen and oxygen atoms in total. The first-order valence-corrected chi connectivity index (χ1v) is 8.20. The summed E-state index contributed by atoms with van der Waals surface area (Å²) in [4.78, 5) is 26.1. The number of hydrogen-bond acceptors (Lipinski definition) is 4. The Morgan fingerprint density at radius 1 is 1.27 bits per heavy atom. The van der Waals surface area contributed by atoms with Crippen LogP contribution in [0, 0.1) is 6.92 Å². The topological polar surface area (TPSA) is 50.5 Å². The molecule has 0 spiro atoms. The Labute approximate surface area is 140 Å². The largest absolute Gasteiger partial charge is 0.462 e. The van der Waals surface area contributed by atoms with Gasteiger partial charge >= 0.3 is 0 Å². The Hall–Kier alpha value is -1.79. The molecule has 1 fully saturated rings. The molecule has 0 saturated carbocycles. The zero-order chi connectivity index (χ0) is 15.7. The number of rotatable bonds is 3. The maximum Gasteiger partial charge on any atom is 0.293 e. The highest BCUT2D eigenvalue weighted by Crippen LogP contribution is 2.33. The highest BCUT2D eigenvalue weighted by atomic mass is 79.9. The number of carbonyl (C=O) groups excluding carboxylic acids is 2. The molecule has 0 aliphatic carbocycles. The van der Waals surface area contributed by atoms with Crippen molar-refractivity contribution in [1.82, 2.24) is 4.90 Å². The molecule has 0 radical (unpaired) electrons. The summed E-state index contributed by atoms with van der Waals surface area (Å²) in [5, 5.41) is -0.264. The summed E-state index contributed by atoms with van der Waals surface area (Å²) in [6.07, 6.45) is 1.61. The second-order valence-corrected chi connectivity index (χ2v) is 6.76. The standard InChI is InChI=1S/C16H12BrNO3S/c1-10-5-6-13(21-10)8-14-15(19)18(16(20)22-14)9-11-3-2-4-12(17)7-11/h2-8H,9H2,1H3/b14-8+. The van der Waals surface area contributed by atoms with Crippen molar-refractivity contribution in [3.8, 4) is 0 Å². The minimum atomic E-state index is -0.288. The van der Waals surface area contributed by atoms with Crippen LogP contribution in [0.5, 0.6) is 0 Å². The van der Waals surface area contributed by atoms with Crippen LogP contribution in [0.4, 0.5) is 4.79 Å². The Bertz CT molecular complexity index is 781. The van der Waals surface area contributed by atoms with Gasteiger partial charge in [-0.25, -0.2) is 0 Å². The molecule has 0 N–H and O–H groups in total. The van der Waals surface area contributed by atoms with Crippen LogP contribution in [0.2, 0.25) is 0 Å². The number of amides is 2. The Kier molecular flexibility index (Phi) is 4.22. The highest BCUT2D eigenvalue weighted by Gasteiger charge is 2.35. The van der Waals surface area contributed by atoms with E-state index in [4.69, 9.17) is 4.42 Å². The van der Waals surface area contributed by atoms with E-state index in [1.165, 1.54) is 4.90 Å². The Balaban J connectivity index is 1.81. The normalized spacial score (nSPS) is 16.8. The molecule has 0 atom stereocenters. The van der Waals surface area contributed by atoms with Gasteiger partial charge in [0, 0.05) is 10.5 Å². The predicted octanol–water partition coefficient (Wildman–Crippen LogP) is 4.59. The highest BCUT2D eigenvalue weighted by molar-refractivity contribution is 9.10. The first-order chi connectivity index (χ1) is 10.5. The summed E-state index contributed by atoms with van der Waals surface area (Å²) in [5.41, 5.74) is 0.895. The van der Waals surface area contributed by atoms with Crippen molar-refractivity contribution in [2.45, 2.75) is 13.5 Å². The zero-order valence-electron chi connectivity index (χ0n) is 11.7. The molecule has 0 unspecified atom stereocenters. The summed E-state index contributed by atoms with van der Waals surface area (Å²) in [5.74, 6) is 1.05. The van der Waals surface area contributed by atoms with Gasteiger partial charge in [-0.2, -0.15) is 0 Å². The van der Waals surface area contributed by atoms with Crippen molar-refractivity contribution in [2.24, 2.45) is 0 Å². The molecule has 1 saturated heterocycles. The first-order valence-electron chi connectivity index (χ1n) is 6.59. The van der Waals surface area contributed by atoms with E-state index in [0.717, 1.165) is 27.6 Å². The van der Waals surface area contributed by atoms with Gasteiger partial charge in [-0.1, -0.05) is 28.1 Å². The van der Waals surface area contributed by atoms with Crippen LogP contribution in [0.25, 0.3) is 6.08 Å². The van der Waals surface area contributed by atoms with E-state index in [-0.39, 0.29) is 17.7 Å². The van der Waals surface area contributed by atoms with Crippen LogP contribution in [-0.2, 0) is 11.3 Å². The molecule has 6 heteroatoms. The van der Waals surface area contributed by atoms with E-state index in [2.05, 4.69) is 15.9 Å². The number of carbonyl (C=O) groups is 2. The van der Waals surface area contributed by atoms with Crippen molar-refractivity contribution in [2.75, 3.05) is 0 Å². The summed E-state index contributed by atoms with van der Waals surface area (Å²) in [6, 6.07) is 11.1. The second kappa shape index (κ2) is 6.14. The molecule has 2 aromatic rings. The van der Waals surface area contributed by atoms with Gasteiger partial charge in [0.2, 0.25) is 0 Å². The van der Waals surface area contributed by atoms with Gasteiger partial charge in [-0.15, -0.1) is 0 Å². The minimum Gasteiger partial charge on any atom is -0.462 e. The van der Waals surface area contributed by atoms with Gasteiger partial charge in [-0.3, -0.25) is 14.5 Å². The van der Waals surface area contributed by atoms with Gasteiger partial charge in [0.25, 0.3) is 11.1 Å². The lowest BCUT2D eigenvalue weighted by Gasteiger charge is -2.12. The first kappa shape index (κ1) is 15.1. The summed E-state index contributed by atoms with van der Waals surface area (Å²) >= 11 is 4.32. The predicted molar refractivity (Wildman–Crippen MR) is 89.1 cm³/mol. The molecule has 1 aromatic carbocycles. The van der Waals surface area contributed by atoms with E-state index < -0.39 is 0 Å². The maximum atomic E-state index is 12.4. The van der Waals surface area contributed by atoms with Gasteiger partial charge in [-0.05, 0) is 48.5 Å². The summed E-state index contributed by atoms with van der Waals surface area (Å²) in [7, 11) is 0. The van der Waals surface area contributed by atoms with E-state index >= 15 is 0 Å². The van der Waals surface area contributed by atoms with Crippen molar-refractivity contribution >= 4 is 44.9 Å². The van der Waals surface area contributed by atoms with Crippen LogP contribution in [-0.4, -0.2) is 16.0 Å². The molecule has 2 amide bonds. The fourth-order valence-electron chi connectivity index (χ4n) is 2.11. The molecule has 0 bridgehead atoms. The van der Waals surface area contributed by atoms with Gasteiger partial charge in [0.05, 0.1) is 11.4 Å². The van der Waals surface area contributed by atoms with Crippen LogP contribution < -0.4 is 0 Å².